The molecule has 0 aliphatic heterocycles. The van der Waals surface area contributed by atoms with E-state index in [0.717, 1.165) is 32.0 Å². The number of unbranched alkanes of at least 4 members (excludes halogenated alkanes) is 3. The highest BCUT2D eigenvalue weighted by atomic mass is 16.1. The zero-order valence-electron chi connectivity index (χ0n) is 8.41. The molecular weight excluding hydrogens is 172 g/mol. The van der Waals surface area contributed by atoms with Gasteiger partial charge in [0, 0.05) is 0 Å². The van der Waals surface area contributed by atoms with Crippen molar-refractivity contribution in [1.29, 1.82) is 0 Å². The Balaban J connectivity index is 3.28. The summed E-state index contributed by atoms with van der Waals surface area (Å²) >= 11 is 0. The Hall–Kier alpha value is -1.55. The Bertz CT molecular complexity index is 261. The SMILES string of the molecule is C=CC#C/C=C\CCCCC=CC=O. The molecule has 0 saturated carbocycles. The van der Waals surface area contributed by atoms with Crippen molar-refractivity contribution in [3.63, 3.8) is 0 Å². The standard InChI is InChI=1S/C13H16O/c1-2-3-4-5-6-7-8-9-10-11-12-13-14/h2,5-6,11-13H,1,7-10H2/b6-5-,12-11?. The summed E-state index contributed by atoms with van der Waals surface area (Å²) in [6.45, 7) is 3.49. The van der Waals surface area contributed by atoms with E-state index < -0.39 is 0 Å². The van der Waals surface area contributed by atoms with E-state index in [0.29, 0.717) is 0 Å². The average molecular weight is 188 g/mol. The lowest BCUT2D eigenvalue weighted by atomic mass is 10.2. The van der Waals surface area contributed by atoms with Crippen LogP contribution in [0.3, 0.4) is 0 Å². The second kappa shape index (κ2) is 11.4. The number of carbonyl (C=O) groups excluding carboxylic acids is 1. The maximum Gasteiger partial charge on any atom is 0.142 e. The van der Waals surface area contributed by atoms with Crippen LogP contribution in [0.15, 0.2) is 37.0 Å². The molecule has 0 aliphatic carbocycles. The third-order valence-electron chi connectivity index (χ3n) is 1.59. The largest absolute Gasteiger partial charge is 0.299 e. The van der Waals surface area contributed by atoms with Crippen molar-refractivity contribution in [2.24, 2.45) is 0 Å². The van der Waals surface area contributed by atoms with E-state index in [-0.39, 0.29) is 0 Å². The van der Waals surface area contributed by atoms with Crippen molar-refractivity contribution in [2.45, 2.75) is 25.7 Å². The maximum atomic E-state index is 9.92. The second-order valence-corrected chi connectivity index (χ2v) is 2.74. The molecular formula is C13H16O. The van der Waals surface area contributed by atoms with E-state index in [9.17, 15) is 4.79 Å². The van der Waals surface area contributed by atoms with Crippen LogP contribution in [0.1, 0.15) is 25.7 Å². The number of hydrogen-bond acceptors (Lipinski definition) is 1. The molecule has 74 valence electrons. The molecule has 0 radical (unpaired) electrons. The van der Waals surface area contributed by atoms with Gasteiger partial charge in [-0.25, -0.2) is 0 Å². The van der Waals surface area contributed by atoms with Gasteiger partial charge in [0.05, 0.1) is 0 Å². The van der Waals surface area contributed by atoms with Gasteiger partial charge in [0.15, 0.2) is 0 Å². The molecule has 14 heavy (non-hydrogen) atoms. The van der Waals surface area contributed by atoms with Gasteiger partial charge < -0.3 is 0 Å². The highest BCUT2D eigenvalue weighted by Crippen LogP contribution is 2.00. The van der Waals surface area contributed by atoms with Gasteiger partial charge in [-0.3, -0.25) is 4.79 Å². The van der Waals surface area contributed by atoms with Crippen molar-refractivity contribution < 1.29 is 4.79 Å². The minimum absolute atomic E-state index is 0.810. The van der Waals surface area contributed by atoms with Crippen molar-refractivity contribution in [3.8, 4) is 11.8 Å². The van der Waals surface area contributed by atoms with Crippen LogP contribution >= 0.6 is 0 Å². The molecule has 0 spiro atoms. The topological polar surface area (TPSA) is 17.1 Å². The van der Waals surface area contributed by atoms with E-state index in [1.54, 1.807) is 12.2 Å². The molecule has 0 aromatic rings. The molecule has 0 N–H and O–H groups in total. The first-order valence-electron chi connectivity index (χ1n) is 4.79. The summed E-state index contributed by atoms with van der Waals surface area (Å²) in [7, 11) is 0. The predicted molar refractivity (Wildman–Crippen MR) is 60.8 cm³/mol. The number of carbonyl (C=O) groups is 1. The summed E-state index contributed by atoms with van der Waals surface area (Å²) in [5, 5.41) is 0. The number of rotatable bonds is 6. The van der Waals surface area contributed by atoms with Gasteiger partial charge in [0.1, 0.15) is 6.29 Å². The second-order valence-electron chi connectivity index (χ2n) is 2.74. The van der Waals surface area contributed by atoms with Crippen LogP contribution in [0.5, 0.6) is 0 Å². The van der Waals surface area contributed by atoms with E-state index in [1.165, 1.54) is 0 Å². The molecule has 0 fully saturated rings. The lowest BCUT2D eigenvalue weighted by Crippen LogP contribution is -1.72. The molecule has 0 aromatic carbocycles. The lowest BCUT2D eigenvalue weighted by Gasteiger charge is -1.90. The van der Waals surface area contributed by atoms with Gasteiger partial charge in [-0.05, 0) is 43.9 Å². The molecule has 0 heterocycles. The minimum atomic E-state index is 0.810. The van der Waals surface area contributed by atoms with Crippen LogP contribution in [0.4, 0.5) is 0 Å². The van der Waals surface area contributed by atoms with Gasteiger partial charge in [-0.1, -0.05) is 30.6 Å². The maximum absolute atomic E-state index is 9.92. The van der Waals surface area contributed by atoms with Gasteiger partial charge in [-0.15, -0.1) is 0 Å². The Labute approximate surface area is 86.2 Å². The van der Waals surface area contributed by atoms with E-state index >= 15 is 0 Å². The summed E-state index contributed by atoms with van der Waals surface area (Å²) in [6, 6.07) is 0. The molecule has 1 nitrogen and oxygen atoms in total. The first kappa shape index (κ1) is 12.5. The zero-order chi connectivity index (χ0) is 10.5. The van der Waals surface area contributed by atoms with Crippen LogP contribution in [0.25, 0.3) is 0 Å². The summed E-state index contributed by atoms with van der Waals surface area (Å²) in [5.41, 5.74) is 0. The minimum Gasteiger partial charge on any atom is -0.299 e. The smallest absolute Gasteiger partial charge is 0.142 e. The van der Waals surface area contributed by atoms with Crippen molar-refractivity contribution in [2.75, 3.05) is 0 Å². The summed E-state index contributed by atoms with van der Waals surface area (Å²) in [5.74, 6) is 5.58. The summed E-state index contributed by atoms with van der Waals surface area (Å²) in [6.07, 6.45) is 14.0. The normalized spacial score (nSPS) is 10.0. The number of hydrogen-bond donors (Lipinski definition) is 0. The van der Waals surface area contributed by atoms with Crippen LogP contribution in [0.2, 0.25) is 0 Å². The summed E-state index contributed by atoms with van der Waals surface area (Å²) in [4.78, 5) is 9.92. The molecule has 0 saturated heterocycles. The molecule has 0 aliphatic rings. The van der Waals surface area contributed by atoms with Crippen molar-refractivity contribution in [3.05, 3.63) is 37.0 Å². The Morgan fingerprint density at radius 2 is 1.79 bits per heavy atom. The molecule has 1 heteroatoms. The molecule has 0 bridgehead atoms. The van der Waals surface area contributed by atoms with Gasteiger partial charge >= 0.3 is 0 Å². The third kappa shape index (κ3) is 10.5. The van der Waals surface area contributed by atoms with Crippen LogP contribution in [-0.2, 0) is 4.79 Å². The highest BCUT2D eigenvalue weighted by Gasteiger charge is 1.82. The van der Waals surface area contributed by atoms with E-state index in [1.807, 2.05) is 12.2 Å². The molecule has 0 unspecified atom stereocenters. The van der Waals surface area contributed by atoms with Gasteiger partial charge in [0.25, 0.3) is 0 Å². The number of allylic oxidation sites excluding steroid dienone is 5. The molecule has 0 atom stereocenters. The Morgan fingerprint density at radius 1 is 1.07 bits per heavy atom. The average Bonchev–Trinajstić information content (AvgIpc) is 2.21. The van der Waals surface area contributed by atoms with Crippen molar-refractivity contribution >= 4 is 6.29 Å². The highest BCUT2D eigenvalue weighted by molar-refractivity contribution is 5.64. The van der Waals surface area contributed by atoms with Gasteiger partial charge in [0.2, 0.25) is 0 Å². The molecule has 0 amide bonds. The lowest BCUT2D eigenvalue weighted by molar-refractivity contribution is -0.104. The van der Waals surface area contributed by atoms with E-state index in [2.05, 4.69) is 24.5 Å². The molecule has 0 rings (SSSR count). The number of aldehydes is 1. The first-order chi connectivity index (χ1) is 6.91. The van der Waals surface area contributed by atoms with Crippen molar-refractivity contribution in [1.82, 2.24) is 0 Å². The Kier molecular flexibility index (Phi) is 10.2. The van der Waals surface area contributed by atoms with Crippen LogP contribution in [-0.4, -0.2) is 6.29 Å². The fourth-order valence-electron chi connectivity index (χ4n) is 0.925. The quantitative estimate of drug-likeness (QED) is 0.271. The van der Waals surface area contributed by atoms with E-state index in [4.69, 9.17) is 0 Å². The first-order valence-corrected chi connectivity index (χ1v) is 4.79. The third-order valence-corrected chi connectivity index (χ3v) is 1.59. The zero-order valence-corrected chi connectivity index (χ0v) is 8.41. The fraction of sp³-hybridized carbons (Fsp3) is 0.308. The van der Waals surface area contributed by atoms with Crippen LogP contribution < -0.4 is 0 Å². The van der Waals surface area contributed by atoms with Crippen LogP contribution in [0, 0.1) is 11.8 Å². The predicted octanol–water partition coefficient (Wildman–Crippen LogP) is 3.05. The summed E-state index contributed by atoms with van der Waals surface area (Å²) < 4.78 is 0. The monoisotopic (exact) mass is 188 g/mol. The fourth-order valence-corrected chi connectivity index (χ4v) is 0.925. The Morgan fingerprint density at radius 3 is 2.43 bits per heavy atom. The molecule has 0 aromatic heterocycles. The van der Waals surface area contributed by atoms with Gasteiger partial charge in [-0.2, -0.15) is 0 Å².